The molecule has 1 N–H and O–H groups in total. The van der Waals surface area contributed by atoms with Gasteiger partial charge in [-0.1, -0.05) is 66.4 Å². The lowest BCUT2D eigenvalue weighted by Crippen LogP contribution is -2.25. The summed E-state index contributed by atoms with van der Waals surface area (Å²) in [6.07, 6.45) is 1.38. The average Bonchev–Trinajstić information content (AvgIpc) is 3.46. The van der Waals surface area contributed by atoms with Gasteiger partial charge in [0, 0.05) is 13.1 Å². The summed E-state index contributed by atoms with van der Waals surface area (Å²) in [6.45, 7) is 0.305. The van der Waals surface area contributed by atoms with Gasteiger partial charge in [0.1, 0.15) is 29.7 Å². The number of aryl methyl sites for hydroxylation is 1. The maximum Gasteiger partial charge on any atom is 0.286 e. The van der Waals surface area contributed by atoms with Crippen molar-refractivity contribution in [1.29, 1.82) is 0 Å². The summed E-state index contributed by atoms with van der Waals surface area (Å²) in [5, 5.41) is 1.65. The number of benzene rings is 4. The van der Waals surface area contributed by atoms with E-state index in [0.29, 0.717) is 18.8 Å². The molecule has 7 nitrogen and oxygen atoms in total. The van der Waals surface area contributed by atoms with E-state index in [-0.39, 0.29) is 16.4 Å². The SMILES string of the molecule is Cn1c(COc2ccc(CC3SC(=O)NC3=O)cc2)nc2ccc(Oc3ccc(Cc4ccccc4)cc3)cc21. The van der Waals surface area contributed by atoms with Gasteiger partial charge in [0.25, 0.3) is 5.24 Å². The van der Waals surface area contributed by atoms with Crippen molar-refractivity contribution in [3.8, 4) is 17.2 Å². The Labute approximate surface area is 236 Å². The first kappa shape index (κ1) is 25.7. The number of fused-ring (bicyclic) bond motifs is 1. The smallest absolute Gasteiger partial charge is 0.286 e. The third-order valence-electron chi connectivity index (χ3n) is 6.83. The molecule has 0 bridgehead atoms. The number of thioether (sulfide) groups is 1. The van der Waals surface area contributed by atoms with Crippen LogP contribution in [0.15, 0.2) is 97.1 Å². The number of nitrogens with zero attached hydrogens (tertiary/aromatic N) is 2. The predicted molar refractivity (Wildman–Crippen MR) is 156 cm³/mol. The molecule has 1 aliphatic heterocycles. The standard InChI is InChI=1S/C32H27N3O4S/c1-35-28-19-26(39-25-13-9-22(10-14-25)17-21-5-3-2-4-6-21)15-16-27(28)33-30(35)20-38-24-11-7-23(8-12-24)18-29-31(36)34-32(37)40-29/h2-16,19,29H,17-18,20H2,1H3,(H,34,36,37). The van der Waals surface area contributed by atoms with Crippen LogP contribution in [0.1, 0.15) is 22.5 Å². The molecular formula is C32H27N3O4S. The lowest BCUT2D eigenvalue weighted by atomic mass is 10.1. The van der Waals surface area contributed by atoms with Gasteiger partial charge in [-0.25, -0.2) is 4.98 Å². The highest BCUT2D eigenvalue weighted by molar-refractivity contribution is 8.15. The fourth-order valence-corrected chi connectivity index (χ4v) is 5.53. The molecule has 1 aliphatic rings. The number of hydrogen-bond acceptors (Lipinski definition) is 6. The maximum absolute atomic E-state index is 11.8. The van der Waals surface area contributed by atoms with E-state index in [1.54, 1.807) is 0 Å². The number of ether oxygens (including phenoxy) is 2. The number of amides is 2. The molecule has 2 amide bonds. The van der Waals surface area contributed by atoms with Crippen LogP contribution in [0, 0.1) is 0 Å². The predicted octanol–water partition coefficient (Wildman–Crippen LogP) is 6.43. The highest BCUT2D eigenvalue weighted by Crippen LogP contribution is 2.28. The van der Waals surface area contributed by atoms with Gasteiger partial charge >= 0.3 is 0 Å². The number of hydrogen-bond donors (Lipinski definition) is 1. The minimum absolute atomic E-state index is 0.234. The van der Waals surface area contributed by atoms with E-state index in [0.717, 1.165) is 52.1 Å². The summed E-state index contributed by atoms with van der Waals surface area (Å²) in [7, 11) is 1.96. The molecule has 1 saturated heterocycles. The number of aromatic nitrogens is 2. The van der Waals surface area contributed by atoms with E-state index in [9.17, 15) is 9.59 Å². The maximum atomic E-state index is 11.8. The molecule has 0 radical (unpaired) electrons. The summed E-state index contributed by atoms with van der Waals surface area (Å²) in [4.78, 5) is 27.9. The zero-order chi connectivity index (χ0) is 27.5. The van der Waals surface area contributed by atoms with Gasteiger partial charge in [0.15, 0.2) is 0 Å². The topological polar surface area (TPSA) is 82.5 Å². The van der Waals surface area contributed by atoms with Crippen molar-refractivity contribution >= 4 is 33.9 Å². The monoisotopic (exact) mass is 549 g/mol. The molecule has 0 aliphatic carbocycles. The van der Waals surface area contributed by atoms with Crippen LogP contribution in [-0.4, -0.2) is 25.9 Å². The van der Waals surface area contributed by atoms with Crippen LogP contribution in [0.5, 0.6) is 17.2 Å². The zero-order valence-corrected chi connectivity index (χ0v) is 22.7. The van der Waals surface area contributed by atoms with Gasteiger partial charge in [0.2, 0.25) is 5.91 Å². The second kappa shape index (κ2) is 11.3. The molecule has 5 aromatic rings. The molecule has 8 heteroatoms. The van der Waals surface area contributed by atoms with Crippen molar-refractivity contribution in [3.05, 3.63) is 120 Å². The second-order valence-electron chi connectivity index (χ2n) is 9.67. The second-order valence-corrected chi connectivity index (χ2v) is 10.8. The molecule has 1 atom stereocenters. The molecule has 6 rings (SSSR count). The first-order chi connectivity index (χ1) is 19.5. The minimum atomic E-state index is -0.382. The summed E-state index contributed by atoms with van der Waals surface area (Å²) < 4.78 is 14.1. The van der Waals surface area contributed by atoms with Gasteiger partial charge in [-0.05, 0) is 65.9 Å². The fourth-order valence-electron chi connectivity index (χ4n) is 4.67. The van der Waals surface area contributed by atoms with Crippen LogP contribution >= 0.6 is 11.8 Å². The summed E-state index contributed by atoms with van der Waals surface area (Å²) >= 11 is 1.03. The highest BCUT2D eigenvalue weighted by atomic mass is 32.2. The first-order valence-electron chi connectivity index (χ1n) is 13.0. The van der Waals surface area contributed by atoms with Crippen LogP contribution in [0.2, 0.25) is 0 Å². The first-order valence-corrected chi connectivity index (χ1v) is 13.9. The van der Waals surface area contributed by atoms with Crippen molar-refractivity contribution in [1.82, 2.24) is 14.9 Å². The molecule has 1 fully saturated rings. The molecule has 1 aromatic heterocycles. The summed E-state index contributed by atoms with van der Waals surface area (Å²) in [5.41, 5.74) is 5.30. The van der Waals surface area contributed by atoms with Crippen LogP contribution in [-0.2, 0) is 31.3 Å². The van der Waals surface area contributed by atoms with Crippen LogP contribution in [0.4, 0.5) is 4.79 Å². The van der Waals surface area contributed by atoms with E-state index < -0.39 is 0 Å². The van der Waals surface area contributed by atoms with E-state index in [4.69, 9.17) is 14.5 Å². The molecule has 0 spiro atoms. The third kappa shape index (κ3) is 5.87. The van der Waals surface area contributed by atoms with Gasteiger partial charge in [-0.15, -0.1) is 0 Å². The molecule has 1 unspecified atom stereocenters. The van der Waals surface area contributed by atoms with Gasteiger partial charge < -0.3 is 14.0 Å². The molecular weight excluding hydrogens is 522 g/mol. The number of carbonyl (C=O) groups excluding carboxylic acids is 2. The fraction of sp³-hybridized carbons (Fsp3) is 0.156. The Bertz CT molecular complexity index is 1670. The van der Waals surface area contributed by atoms with Crippen molar-refractivity contribution in [2.45, 2.75) is 24.7 Å². The van der Waals surface area contributed by atoms with Gasteiger partial charge in [-0.3, -0.25) is 14.9 Å². The Kier molecular flexibility index (Phi) is 7.25. The van der Waals surface area contributed by atoms with Crippen LogP contribution in [0.3, 0.4) is 0 Å². The normalized spacial score (nSPS) is 14.9. The molecule has 200 valence electrons. The molecule has 40 heavy (non-hydrogen) atoms. The Morgan fingerprint density at radius 2 is 1.50 bits per heavy atom. The van der Waals surface area contributed by atoms with Gasteiger partial charge in [0.05, 0.1) is 16.3 Å². The number of rotatable bonds is 9. The van der Waals surface area contributed by atoms with Crippen molar-refractivity contribution in [3.63, 3.8) is 0 Å². The Balaban J connectivity index is 1.08. The Morgan fingerprint density at radius 3 is 2.23 bits per heavy atom. The van der Waals surface area contributed by atoms with Crippen molar-refractivity contribution in [2.75, 3.05) is 0 Å². The Hall–Kier alpha value is -4.56. The van der Waals surface area contributed by atoms with Crippen LogP contribution in [0.25, 0.3) is 11.0 Å². The summed E-state index contributed by atoms with van der Waals surface area (Å²) in [6, 6.07) is 32.0. The number of imide groups is 1. The van der Waals surface area contributed by atoms with Crippen molar-refractivity contribution < 1.29 is 19.1 Å². The average molecular weight is 550 g/mol. The number of imidazole rings is 1. The quantitative estimate of drug-likeness (QED) is 0.228. The zero-order valence-electron chi connectivity index (χ0n) is 21.9. The highest BCUT2D eigenvalue weighted by Gasteiger charge is 2.31. The van der Waals surface area contributed by atoms with E-state index >= 15 is 0 Å². The Morgan fingerprint density at radius 1 is 0.825 bits per heavy atom. The van der Waals surface area contributed by atoms with E-state index in [1.807, 2.05) is 72.3 Å². The minimum Gasteiger partial charge on any atom is -0.486 e. The third-order valence-corrected chi connectivity index (χ3v) is 7.82. The van der Waals surface area contributed by atoms with Crippen LogP contribution < -0.4 is 14.8 Å². The molecule has 2 heterocycles. The lowest BCUT2D eigenvalue weighted by Gasteiger charge is -2.09. The van der Waals surface area contributed by atoms with Crippen molar-refractivity contribution in [2.24, 2.45) is 7.05 Å². The number of nitrogens with one attached hydrogen (secondary N) is 1. The van der Waals surface area contributed by atoms with Gasteiger partial charge in [-0.2, -0.15) is 0 Å². The van der Waals surface area contributed by atoms with E-state index in [2.05, 4.69) is 41.7 Å². The lowest BCUT2D eigenvalue weighted by molar-refractivity contribution is -0.118. The largest absolute Gasteiger partial charge is 0.486 e. The van der Waals surface area contributed by atoms with E-state index in [1.165, 1.54) is 11.1 Å². The molecule has 4 aromatic carbocycles. The summed E-state index contributed by atoms with van der Waals surface area (Å²) in [5.74, 6) is 2.78. The number of carbonyl (C=O) groups is 2. The molecule has 0 saturated carbocycles.